The summed E-state index contributed by atoms with van der Waals surface area (Å²) in [5.41, 5.74) is -1.39. The first kappa shape index (κ1) is 11.5. The molecule has 0 spiro atoms. The summed E-state index contributed by atoms with van der Waals surface area (Å²) >= 11 is 0. The third-order valence-electron chi connectivity index (χ3n) is 2.77. The maximum Gasteiger partial charge on any atom is 0.256 e. The van der Waals surface area contributed by atoms with Gasteiger partial charge in [0, 0.05) is 12.6 Å². The lowest BCUT2D eigenvalue weighted by atomic mass is 9.92. The number of guanidine groups is 1. The average molecular weight is 239 g/mol. The Kier molecular flexibility index (Phi) is 2.57. The Bertz CT molecular complexity index is 515. The van der Waals surface area contributed by atoms with Gasteiger partial charge in [-0.05, 0) is 13.0 Å². The Balaban J connectivity index is 2.53. The van der Waals surface area contributed by atoms with Crippen LogP contribution in [0.3, 0.4) is 0 Å². The fourth-order valence-corrected chi connectivity index (χ4v) is 1.75. The molecule has 1 unspecified atom stereocenters. The van der Waals surface area contributed by atoms with E-state index in [1.165, 1.54) is 26.1 Å². The van der Waals surface area contributed by atoms with E-state index in [9.17, 15) is 13.6 Å². The Morgan fingerprint density at radius 1 is 1.35 bits per heavy atom. The number of benzene rings is 1. The standard InChI is InChI=1S/C11H11F2N3O/c1-11(9(17)15-10(14-2)16-11)6-4-3-5-7(12)8(6)13/h3-5H,1-2H3,(H2,14,15,16,17). The molecule has 0 aromatic heterocycles. The molecule has 0 radical (unpaired) electrons. The molecule has 1 atom stereocenters. The van der Waals surface area contributed by atoms with Crippen LogP contribution in [0.15, 0.2) is 23.2 Å². The van der Waals surface area contributed by atoms with Gasteiger partial charge < -0.3 is 5.32 Å². The van der Waals surface area contributed by atoms with Crippen LogP contribution in [0.5, 0.6) is 0 Å². The number of nitrogens with one attached hydrogen (secondary N) is 2. The smallest absolute Gasteiger partial charge is 0.256 e. The minimum absolute atomic E-state index is 0.0475. The highest BCUT2D eigenvalue weighted by atomic mass is 19.2. The molecule has 2 rings (SSSR count). The lowest BCUT2D eigenvalue weighted by Crippen LogP contribution is -2.41. The van der Waals surface area contributed by atoms with Crippen LogP contribution >= 0.6 is 0 Å². The molecule has 4 nitrogen and oxygen atoms in total. The monoisotopic (exact) mass is 239 g/mol. The summed E-state index contributed by atoms with van der Waals surface area (Å²) in [5, 5.41) is 5.18. The molecule has 90 valence electrons. The fraction of sp³-hybridized carbons (Fsp3) is 0.273. The van der Waals surface area contributed by atoms with Crippen LogP contribution in [0.1, 0.15) is 12.5 Å². The number of amides is 1. The summed E-state index contributed by atoms with van der Waals surface area (Å²) in [6.07, 6.45) is 0. The van der Waals surface area contributed by atoms with Crippen LogP contribution in [0.4, 0.5) is 8.78 Å². The van der Waals surface area contributed by atoms with E-state index in [1.54, 1.807) is 0 Å². The van der Waals surface area contributed by atoms with Gasteiger partial charge in [0.2, 0.25) is 0 Å². The van der Waals surface area contributed by atoms with Crippen molar-refractivity contribution in [1.82, 2.24) is 10.6 Å². The second-order valence-electron chi connectivity index (χ2n) is 3.88. The van der Waals surface area contributed by atoms with Gasteiger partial charge in [-0.3, -0.25) is 15.1 Å². The van der Waals surface area contributed by atoms with E-state index in [2.05, 4.69) is 15.6 Å². The lowest BCUT2D eigenvalue weighted by Gasteiger charge is -2.22. The van der Waals surface area contributed by atoms with Crippen molar-refractivity contribution < 1.29 is 13.6 Å². The summed E-state index contributed by atoms with van der Waals surface area (Å²) in [5.74, 6) is -2.25. The van der Waals surface area contributed by atoms with Gasteiger partial charge in [-0.1, -0.05) is 12.1 Å². The normalized spacial score (nSPS) is 25.9. The summed E-state index contributed by atoms with van der Waals surface area (Å²) in [6.45, 7) is 1.47. The van der Waals surface area contributed by atoms with E-state index in [1.807, 2.05) is 0 Å². The van der Waals surface area contributed by atoms with Crippen molar-refractivity contribution in [3.8, 4) is 0 Å². The molecule has 0 saturated carbocycles. The number of aliphatic imine (C=N–C) groups is 1. The zero-order valence-corrected chi connectivity index (χ0v) is 9.34. The van der Waals surface area contributed by atoms with Gasteiger partial charge in [0.15, 0.2) is 17.6 Å². The predicted molar refractivity (Wildman–Crippen MR) is 58.3 cm³/mol. The van der Waals surface area contributed by atoms with Crippen molar-refractivity contribution in [2.45, 2.75) is 12.5 Å². The topological polar surface area (TPSA) is 53.5 Å². The summed E-state index contributed by atoms with van der Waals surface area (Å²) in [6, 6.07) is 3.72. The molecule has 17 heavy (non-hydrogen) atoms. The molecular formula is C11H11F2N3O. The van der Waals surface area contributed by atoms with E-state index >= 15 is 0 Å². The van der Waals surface area contributed by atoms with E-state index in [0.717, 1.165) is 6.07 Å². The third-order valence-corrected chi connectivity index (χ3v) is 2.77. The van der Waals surface area contributed by atoms with Crippen molar-refractivity contribution in [3.63, 3.8) is 0 Å². The molecule has 1 heterocycles. The van der Waals surface area contributed by atoms with Crippen molar-refractivity contribution in [1.29, 1.82) is 0 Å². The molecule has 1 fully saturated rings. The highest BCUT2D eigenvalue weighted by Gasteiger charge is 2.44. The minimum atomic E-state index is -1.35. The maximum atomic E-state index is 13.7. The molecule has 1 aromatic carbocycles. The molecule has 1 aliphatic rings. The highest BCUT2D eigenvalue weighted by molar-refractivity contribution is 6.09. The Labute approximate surface area is 96.7 Å². The maximum absolute atomic E-state index is 13.7. The number of hydrogen-bond donors (Lipinski definition) is 2. The molecule has 1 saturated heterocycles. The molecule has 1 aromatic rings. The van der Waals surface area contributed by atoms with E-state index in [0.29, 0.717) is 0 Å². The van der Waals surface area contributed by atoms with Crippen molar-refractivity contribution >= 4 is 11.9 Å². The van der Waals surface area contributed by atoms with Gasteiger partial charge in [-0.15, -0.1) is 0 Å². The molecule has 2 N–H and O–H groups in total. The fourth-order valence-electron chi connectivity index (χ4n) is 1.75. The van der Waals surface area contributed by atoms with Gasteiger partial charge in [0.1, 0.15) is 5.54 Å². The minimum Gasteiger partial charge on any atom is -0.338 e. The Morgan fingerprint density at radius 3 is 2.65 bits per heavy atom. The van der Waals surface area contributed by atoms with Gasteiger partial charge in [-0.25, -0.2) is 8.78 Å². The molecule has 0 aliphatic carbocycles. The molecule has 0 bridgehead atoms. The Hall–Kier alpha value is -1.98. The first-order chi connectivity index (χ1) is 7.99. The van der Waals surface area contributed by atoms with Crippen molar-refractivity contribution in [3.05, 3.63) is 35.4 Å². The number of nitrogens with zero attached hydrogens (tertiary/aromatic N) is 1. The highest BCUT2D eigenvalue weighted by Crippen LogP contribution is 2.27. The second kappa shape index (κ2) is 3.80. The van der Waals surface area contributed by atoms with Crippen LogP contribution in [-0.4, -0.2) is 18.9 Å². The Morgan fingerprint density at radius 2 is 2.06 bits per heavy atom. The zero-order chi connectivity index (χ0) is 12.6. The SMILES string of the molecule is CN=C1NC(=O)C(C)(c2cccc(F)c2F)N1. The van der Waals surface area contributed by atoms with Crippen LogP contribution in [-0.2, 0) is 10.3 Å². The summed E-state index contributed by atoms with van der Waals surface area (Å²) in [7, 11) is 1.48. The van der Waals surface area contributed by atoms with Crippen LogP contribution < -0.4 is 10.6 Å². The van der Waals surface area contributed by atoms with Crippen LogP contribution in [0.25, 0.3) is 0 Å². The first-order valence-electron chi connectivity index (χ1n) is 5.00. The first-order valence-corrected chi connectivity index (χ1v) is 5.00. The number of carbonyl (C=O) groups excluding carboxylic acids is 1. The predicted octanol–water partition coefficient (Wildman–Crippen LogP) is 0.885. The number of carbonyl (C=O) groups is 1. The van der Waals surface area contributed by atoms with E-state index in [-0.39, 0.29) is 11.5 Å². The van der Waals surface area contributed by atoms with Crippen molar-refractivity contribution in [2.75, 3.05) is 7.05 Å². The average Bonchev–Trinajstić information content (AvgIpc) is 2.59. The molecular weight excluding hydrogens is 228 g/mol. The number of hydrogen-bond acceptors (Lipinski definition) is 2. The van der Waals surface area contributed by atoms with Gasteiger partial charge in [-0.2, -0.15) is 0 Å². The molecule has 1 amide bonds. The number of rotatable bonds is 1. The van der Waals surface area contributed by atoms with E-state index in [4.69, 9.17) is 0 Å². The van der Waals surface area contributed by atoms with Gasteiger partial charge in [0.25, 0.3) is 5.91 Å². The number of halogens is 2. The zero-order valence-electron chi connectivity index (χ0n) is 9.34. The van der Waals surface area contributed by atoms with Gasteiger partial charge in [0.05, 0.1) is 0 Å². The molecule has 6 heteroatoms. The third kappa shape index (κ3) is 1.65. The van der Waals surface area contributed by atoms with Gasteiger partial charge >= 0.3 is 0 Å². The summed E-state index contributed by atoms with van der Waals surface area (Å²) < 4.78 is 26.8. The largest absolute Gasteiger partial charge is 0.338 e. The summed E-state index contributed by atoms with van der Waals surface area (Å²) in [4.78, 5) is 15.6. The lowest BCUT2D eigenvalue weighted by molar-refractivity contribution is -0.123. The van der Waals surface area contributed by atoms with Crippen LogP contribution in [0, 0.1) is 11.6 Å². The van der Waals surface area contributed by atoms with Crippen LogP contribution in [0.2, 0.25) is 0 Å². The molecule has 1 aliphatic heterocycles. The second-order valence-corrected chi connectivity index (χ2v) is 3.88. The quantitative estimate of drug-likeness (QED) is 0.764. The van der Waals surface area contributed by atoms with E-state index < -0.39 is 23.1 Å². The van der Waals surface area contributed by atoms with Crippen molar-refractivity contribution in [2.24, 2.45) is 4.99 Å².